The molecule has 0 amide bonds. The van der Waals surface area contributed by atoms with Gasteiger partial charge in [0.25, 0.3) is 0 Å². The monoisotopic (exact) mass is 270 g/mol. The predicted molar refractivity (Wildman–Crippen MR) is 70.5 cm³/mol. The van der Waals surface area contributed by atoms with Crippen LogP contribution in [0.25, 0.3) is 0 Å². The van der Waals surface area contributed by atoms with Gasteiger partial charge in [0, 0.05) is 11.3 Å². The molecule has 2 N–H and O–H groups in total. The molecule has 4 nitrogen and oxygen atoms in total. The molecule has 0 aromatic heterocycles. The second kappa shape index (κ2) is 8.97. The highest BCUT2D eigenvalue weighted by molar-refractivity contribution is 7.99. The van der Waals surface area contributed by atoms with Crippen LogP contribution in [0.4, 0.5) is 0 Å². The Bertz CT molecular complexity index is 342. The number of esters is 1. The maximum absolute atomic E-state index is 11.3. The van der Waals surface area contributed by atoms with Gasteiger partial charge in [-0.05, 0) is 24.3 Å². The third-order valence-corrected chi connectivity index (χ3v) is 3.28. The lowest BCUT2D eigenvalue weighted by atomic mass is 10.3. The van der Waals surface area contributed by atoms with Gasteiger partial charge >= 0.3 is 5.97 Å². The molecule has 0 radical (unpaired) electrons. The second-order valence-electron chi connectivity index (χ2n) is 3.78. The summed E-state index contributed by atoms with van der Waals surface area (Å²) in [6, 6.07) is 9.98. The number of ether oxygens (including phenoxy) is 1. The molecule has 0 aliphatic carbocycles. The number of hydrogen-bond donors (Lipinski definition) is 2. The van der Waals surface area contributed by atoms with E-state index in [2.05, 4.69) is 0 Å². The Kier molecular flexibility index (Phi) is 7.48. The Balaban J connectivity index is 2.05. The van der Waals surface area contributed by atoms with Gasteiger partial charge in [-0.2, -0.15) is 0 Å². The average Bonchev–Trinajstić information content (AvgIpc) is 2.42. The molecular formula is C13H18O4S. The Morgan fingerprint density at radius 1 is 1.33 bits per heavy atom. The van der Waals surface area contributed by atoms with Gasteiger partial charge in [-0.3, -0.25) is 4.79 Å². The van der Waals surface area contributed by atoms with E-state index >= 15 is 0 Å². The molecule has 0 aliphatic heterocycles. The fourth-order valence-electron chi connectivity index (χ4n) is 1.24. The maximum atomic E-state index is 11.3. The Morgan fingerprint density at radius 3 is 2.72 bits per heavy atom. The molecule has 18 heavy (non-hydrogen) atoms. The molecule has 100 valence electrons. The summed E-state index contributed by atoms with van der Waals surface area (Å²) in [6.07, 6.45) is 0.0821. The fraction of sp³-hybridized carbons (Fsp3) is 0.462. The molecule has 1 atom stereocenters. The minimum absolute atomic E-state index is 0.138. The van der Waals surface area contributed by atoms with E-state index in [-0.39, 0.29) is 12.6 Å². The molecule has 0 saturated heterocycles. The quantitative estimate of drug-likeness (QED) is 0.425. The molecule has 0 aliphatic rings. The SMILES string of the molecule is O=C(CCCSc1ccccc1)OCC(O)CO. The van der Waals surface area contributed by atoms with E-state index in [1.165, 1.54) is 4.90 Å². The highest BCUT2D eigenvalue weighted by atomic mass is 32.2. The van der Waals surface area contributed by atoms with Crippen molar-refractivity contribution in [3.8, 4) is 0 Å². The summed E-state index contributed by atoms with van der Waals surface area (Å²) < 4.78 is 4.79. The molecule has 0 saturated carbocycles. The number of carbonyl (C=O) groups is 1. The van der Waals surface area contributed by atoms with Crippen LogP contribution in [-0.4, -0.2) is 41.3 Å². The van der Waals surface area contributed by atoms with Gasteiger partial charge in [0.05, 0.1) is 6.61 Å². The third kappa shape index (κ3) is 6.64. The summed E-state index contributed by atoms with van der Waals surface area (Å²) in [5, 5.41) is 17.5. The molecule has 1 unspecified atom stereocenters. The van der Waals surface area contributed by atoms with Gasteiger partial charge in [0.2, 0.25) is 0 Å². The van der Waals surface area contributed by atoms with Crippen LogP contribution in [0.1, 0.15) is 12.8 Å². The van der Waals surface area contributed by atoms with Crippen molar-refractivity contribution in [2.24, 2.45) is 0 Å². The molecule has 0 heterocycles. The molecular weight excluding hydrogens is 252 g/mol. The summed E-state index contributed by atoms with van der Waals surface area (Å²) in [5.74, 6) is 0.512. The van der Waals surface area contributed by atoms with Crippen molar-refractivity contribution in [2.75, 3.05) is 19.0 Å². The first kappa shape index (κ1) is 15.0. The molecule has 5 heteroatoms. The smallest absolute Gasteiger partial charge is 0.305 e. The second-order valence-corrected chi connectivity index (χ2v) is 4.95. The molecule has 0 spiro atoms. The normalized spacial score (nSPS) is 12.1. The van der Waals surface area contributed by atoms with Crippen molar-refractivity contribution in [3.63, 3.8) is 0 Å². The number of aliphatic hydroxyl groups excluding tert-OH is 2. The molecule has 0 bridgehead atoms. The maximum Gasteiger partial charge on any atom is 0.305 e. The van der Waals surface area contributed by atoms with Crippen LogP contribution in [0.5, 0.6) is 0 Å². The minimum atomic E-state index is -0.979. The van der Waals surface area contributed by atoms with Crippen molar-refractivity contribution in [3.05, 3.63) is 30.3 Å². The van der Waals surface area contributed by atoms with E-state index in [0.717, 1.165) is 12.2 Å². The molecule has 1 aromatic rings. The van der Waals surface area contributed by atoms with E-state index in [1.54, 1.807) is 11.8 Å². The zero-order chi connectivity index (χ0) is 13.2. The number of hydrogen-bond acceptors (Lipinski definition) is 5. The van der Waals surface area contributed by atoms with E-state index in [0.29, 0.717) is 6.42 Å². The lowest BCUT2D eigenvalue weighted by molar-refractivity contribution is -0.147. The van der Waals surface area contributed by atoms with Crippen LogP contribution in [-0.2, 0) is 9.53 Å². The van der Waals surface area contributed by atoms with Gasteiger partial charge in [0.1, 0.15) is 12.7 Å². The molecule has 1 aromatic carbocycles. The van der Waals surface area contributed by atoms with Crippen LogP contribution in [0.2, 0.25) is 0 Å². The van der Waals surface area contributed by atoms with Crippen molar-refractivity contribution in [1.29, 1.82) is 0 Å². The average molecular weight is 270 g/mol. The van der Waals surface area contributed by atoms with E-state index < -0.39 is 12.7 Å². The van der Waals surface area contributed by atoms with Crippen LogP contribution in [0, 0.1) is 0 Å². The minimum Gasteiger partial charge on any atom is -0.463 e. The zero-order valence-corrected chi connectivity index (χ0v) is 10.9. The topological polar surface area (TPSA) is 66.8 Å². The van der Waals surface area contributed by atoms with Gasteiger partial charge in [0.15, 0.2) is 0 Å². The van der Waals surface area contributed by atoms with Crippen LogP contribution in [0.3, 0.4) is 0 Å². The van der Waals surface area contributed by atoms with Crippen LogP contribution < -0.4 is 0 Å². The Labute approximate surface area is 111 Å². The first-order valence-corrected chi connectivity index (χ1v) is 6.83. The van der Waals surface area contributed by atoms with Crippen molar-refractivity contribution in [1.82, 2.24) is 0 Å². The number of benzene rings is 1. The summed E-state index contributed by atoms with van der Waals surface area (Å²) >= 11 is 1.69. The third-order valence-electron chi connectivity index (χ3n) is 2.18. The largest absolute Gasteiger partial charge is 0.463 e. The Morgan fingerprint density at radius 2 is 2.06 bits per heavy atom. The first-order valence-electron chi connectivity index (χ1n) is 5.84. The molecule has 0 fully saturated rings. The lowest BCUT2D eigenvalue weighted by Gasteiger charge is -2.08. The number of aliphatic hydroxyl groups is 2. The van der Waals surface area contributed by atoms with E-state index in [9.17, 15) is 4.79 Å². The van der Waals surface area contributed by atoms with Gasteiger partial charge in [-0.25, -0.2) is 0 Å². The first-order chi connectivity index (χ1) is 8.72. The summed E-state index contributed by atoms with van der Waals surface area (Å²) in [7, 11) is 0. The molecule has 1 rings (SSSR count). The highest BCUT2D eigenvalue weighted by Crippen LogP contribution is 2.18. The highest BCUT2D eigenvalue weighted by Gasteiger charge is 2.07. The fourth-order valence-corrected chi connectivity index (χ4v) is 2.11. The predicted octanol–water partition coefficient (Wildman–Crippen LogP) is 1.46. The summed E-state index contributed by atoms with van der Waals surface area (Å²) in [6.45, 7) is -0.529. The number of rotatable bonds is 8. The zero-order valence-electron chi connectivity index (χ0n) is 10.1. The lowest BCUT2D eigenvalue weighted by Crippen LogP contribution is -2.21. The standard InChI is InChI=1S/C13H18O4S/c14-9-11(15)10-17-13(16)7-4-8-18-12-5-2-1-3-6-12/h1-3,5-6,11,14-15H,4,7-10H2. The van der Waals surface area contributed by atoms with Gasteiger partial charge in [-0.15, -0.1) is 11.8 Å². The van der Waals surface area contributed by atoms with Gasteiger partial charge < -0.3 is 14.9 Å². The van der Waals surface area contributed by atoms with Crippen molar-refractivity contribution < 1.29 is 19.7 Å². The summed E-state index contributed by atoms with van der Waals surface area (Å²) in [4.78, 5) is 12.4. The Hall–Kier alpha value is -1.04. The summed E-state index contributed by atoms with van der Waals surface area (Å²) in [5.41, 5.74) is 0. The van der Waals surface area contributed by atoms with Gasteiger partial charge in [-0.1, -0.05) is 18.2 Å². The number of carbonyl (C=O) groups excluding carboxylic acids is 1. The van der Waals surface area contributed by atoms with Crippen LogP contribution in [0.15, 0.2) is 35.2 Å². The van der Waals surface area contributed by atoms with Crippen molar-refractivity contribution in [2.45, 2.75) is 23.8 Å². The van der Waals surface area contributed by atoms with E-state index in [4.69, 9.17) is 14.9 Å². The van der Waals surface area contributed by atoms with E-state index in [1.807, 2.05) is 30.3 Å². The van der Waals surface area contributed by atoms with Crippen LogP contribution >= 0.6 is 11.8 Å². The van der Waals surface area contributed by atoms with Crippen molar-refractivity contribution >= 4 is 17.7 Å². The number of thioether (sulfide) groups is 1.